The molecule has 1 saturated heterocycles. The molecule has 10 heteroatoms. The molecule has 4 aromatic heterocycles. The zero-order valence-corrected chi connectivity index (χ0v) is 21.9. The van der Waals surface area contributed by atoms with Crippen LogP contribution in [0.25, 0.3) is 16.7 Å². The average Bonchev–Trinajstić information content (AvgIpc) is 3.42. The van der Waals surface area contributed by atoms with Crippen molar-refractivity contribution in [2.45, 2.75) is 26.3 Å². The lowest BCUT2D eigenvalue weighted by molar-refractivity contribution is -0.126. The smallest absolute Gasteiger partial charge is 0.246 e. The molecule has 1 amide bonds. The van der Waals surface area contributed by atoms with Crippen LogP contribution in [0.2, 0.25) is 0 Å². The van der Waals surface area contributed by atoms with Gasteiger partial charge in [-0.05, 0) is 79.4 Å². The second-order valence-corrected chi connectivity index (χ2v) is 9.83. The molecule has 0 aliphatic carbocycles. The van der Waals surface area contributed by atoms with E-state index in [2.05, 4.69) is 81.0 Å². The summed E-state index contributed by atoms with van der Waals surface area (Å²) >= 11 is 0. The summed E-state index contributed by atoms with van der Waals surface area (Å²) in [6, 6.07) is 14.5. The highest BCUT2D eigenvalue weighted by molar-refractivity contribution is 5.89. The Bertz CT molecular complexity index is 1700. The third-order valence-electron chi connectivity index (χ3n) is 7.22. The number of aromatic nitrogens is 6. The van der Waals surface area contributed by atoms with Crippen LogP contribution in [0, 0.1) is 6.92 Å². The number of aryl methyl sites for hydroxylation is 1. The first-order chi connectivity index (χ1) is 19.0. The molecule has 1 aromatic carbocycles. The summed E-state index contributed by atoms with van der Waals surface area (Å²) < 4.78 is 1.76. The standard InChI is InChI=1S/C29H29N9O/c1-4-27(39)36-11-12-37(20(3)16-36)25-8-7-24-28(35-25)29(32-17-30-24)34-23-6-5-22(19(2)13-23)14-21-9-10-38-26(15-21)31-18-33-38/h4-10,13,15,17-18,20H,1,11-12,14,16H2,2-3H3,(H,30,32,34). The number of piperazine rings is 1. The first kappa shape index (κ1) is 24.5. The maximum Gasteiger partial charge on any atom is 0.246 e. The van der Waals surface area contributed by atoms with Crippen molar-refractivity contribution in [3.63, 3.8) is 0 Å². The van der Waals surface area contributed by atoms with Crippen molar-refractivity contribution in [2.75, 3.05) is 29.9 Å². The van der Waals surface area contributed by atoms with Crippen molar-refractivity contribution in [1.82, 2.24) is 34.4 Å². The first-order valence-electron chi connectivity index (χ1n) is 12.9. The molecule has 39 heavy (non-hydrogen) atoms. The molecular formula is C29H29N9O. The van der Waals surface area contributed by atoms with Crippen LogP contribution in [0.15, 0.2) is 74.0 Å². The molecule has 196 valence electrons. The minimum Gasteiger partial charge on any atom is -0.350 e. The number of benzene rings is 1. The number of amides is 1. The van der Waals surface area contributed by atoms with Gasteiger partial charge in [0, 0.05) is 37.6 Å². The number of rotatable bonds is 6. The Morgan fingerprint density at radius 3 is 2.82 bits per heavy atom. The van der Waals surface area contributed by atoms with E-state index in [-0.39, 0.29) is 11.9 Å². The molecule has 0 radical (unpaired) electrons. The molecule has 10 nitrogen and oxygen atoms in total. The maximum atomic E-state index is 12.1. The fourth-order valence-corrected chi connectivity index (χ4v) is 5.10. The van der Waals surface area contributed by atoms with E-state index in [9.17, 15) is 4.79 Å². The Kier molecular flexibility index (Phi) is 6.36. The van der Waals surface area contributed by atoms with Crippen molar-refractivity contribution in [1.29, 1.82) is 0 Å². The van der Waals surface area contributed by atoms with E-state index in [0.29, 0.717) is 31.0 Å². The number of carbonyl (C=O) groups is 1. The van der Waals surface area contributed by atoms with Gasteiger partial charge in [0.1, 0.15) is 24.0 Å². The topological polar surface area (TPSA) is 104 Å². The average molecular weight is 520 g/mol. The molecule has 5 heterocycles. The van der Waals surface area contributed by atoms with E-state index in [4.69, 9.17) is 4.98 Å². The summed E-state index contributed by atoms with van der Waals surface area (Å²) in [6.07, 6.45) is 7.23. The number of carbonyl (C=O) groups excluding carboxylic acids is 1. The van der Waals surface area contributed by atoms with Gasteiger partial charge in [0.05, 0.1) is 5.52 Å². The molecule has 0 saturated carbocycles. The molecule has 1 N–H and O–H groups in total. The van der Waals surface area contributed by atoms with Crippen molar-refractivity contribution in [2.24, 2.45) is 0 Å². The molecule has 1 fully saturated rings. The molecule has 0 spiro atoms. The third-order valence-corrected chi connectivity index (χ3v) is 7.22. The number of nitrogens with zero attached hydrogens (tertiary/aromatic N) is 8. The molecule has 1 atom stereocenters. The van der Waals surface area contributed by atoms with Gasteiger partial charge in [-0.25, -0.2) is 24.5 Å². The Hall–Kier alpha value is -4.86. The Labute approximate surface area is 226 Å². The van der Waals surface area contributed by atoms with Crippen LogP contribution >= 0.6 is 0 Å². The summed E-state index contributed by atoms with van der Waals surface area (Å²) in [4.78, 5) is 34.3. The van der Waals surface area contributed by atoms with Crippen molar-refractivity contribution in [3.05, 3.63) is 90.7 Å². The van der Waals surface area contributed by atoms with Crippen LogP contribution in [0.5, 0.6) is 0 Å². The zero-order chi connectivity index (χ0) is 26.9. The highest BCUT2D eigenvalue weighted by atomic mass is 16.2. The monoisotopic (exact) mass is 519 g/mol. The van der Waals surface area contributed by atoms with Crippen molar-refractivity contribution in [3.8, 4) is 0 Å². The van der Waals surface area contributed by atoms with Gasteiger partial charge in [0.2, 0.25) is 5.91 Å². The van der Waals surface area contributed by atoms with Gasteiger partial charge in [0.15, 0.2) is 11.5 Å². The molecule has 1 aliphatic heterocycles. The summed E-state index contributed by atoms with van der Waals surface area (Å²) in [5.74, 6) is 1.46. The van der Waals surface area contributed by atoms with Crippen LogP contribution < -0.4 is 10.2 Å². The second kappa shape index (κ2) is 10.1. The minimum absolute atomic E-state index is 0.0365. The fraction of sp³-hybridized carbons (Fsp3) is 0.241. The van der Waals surface area contributed by atoms with E-state index < -0.39 is 0 Å². The van der Waals surface area contributed by atoms with E-state index >= 15 is 0 Å². The fourth-order valence-electron chi connectivity index (χ4n) is 5.10. The number of anilines is 3. The molecule has 0 bridgehead atoms. The highest BCUT2D eigenvalue weighted by Crippen LogP contribution is 2.27. The predicted octanol–water partition coefficient (Wildman–Crippen LogP) is 3.93. The van der Waals surface area contributed by atoms with Gasteiger partial charge in [-0.1, -0.05) is 12.6 Å². The van der Waals surface area contributed by atoms with E-state index in [1.807, 2.05) is 23.2 Å². The lowest BCUT2D eigenvalue weighted by atomic mass is 10.0. The number of pyridine rings is 2. The molecule has 5 aromatic rings. The van der Waals surface area contributed by atoms with Crippen LogP contribution in [-0.4, -0.2) is 66.0 Å². The summed E-state index contributed by atoms with van der Waals surface area (Å²) in [5, 5.41) is 7.62. The number of fused-ring (bicyclic) bond motifs is 2. The van der Waals surface area contributed by atoms with E-state index in [1.54, 1.807) is 17.2 Å². The third kappa shape index (κ3) is 4.88. The number of hydrogen-bond donors (Lipinski definition) is 1. The zero-order valence-electron chi connectivity index (χ0n) is 21.9. The van der Waals surface area contributed by atoms with E-state index in [1.165, 1.54) is 22.8 Å². The number of hydrogen-bond acceptors (Lipinski definition) is 8. The van der Waals surface area contributed by atoms with Crippen molar-refractivity contribution < 1.29 is 4.79 Å². The Morgan fingerprint density at radius 2 is 2.00 bits per heavy atom. The van der Waals surface area contributed by atoms with Gasteiger partial charge in [-0.2, -0.15) is 5.10 Å². The molecule has 1 unspecified atom stereocenters. The van der Waals surface area contributed by atoms with Crippen LogP contribution in [-0.2, 0) is 11.2 Å². The number of nitrogens with one attached hydrogen (secondary N) is 1. The normalized spacial score (nSPS) is 15.6. The second-order valence-electron chi connectivity index (χ2n) is 9.83. The predicted molar refractivity (Wildman–Crippen MR) is 151 cm³/mol. The molecule has 6 rings (SSSR count). The van der Waals surface area contributed by atoms with Gasteiger partial charge < -0.3 is 15.1 Å². The first-order valence-corrected chi connectivity index (χ1v) is 12.9. The summed E-state index contributed by atoms with van der Waals surface area (Å²) in [6.45, 7) is 9.77. The van der Waals surface area contributed by atoms with Crippen LogP contribution in [0.1, 0.15) is 23.6 Å². The molecule has 1 aliphatic rings. The summed E-state index contributed by atoms with van der Waals surface area (Å²) in [5.41, 5.74) is 6.83. The Morgan fingerprint density at radius 1 is 1.10 bits per heavy atom. The van der Waals surface area contributed by atoms with Gasteiger partial charge in [0.25, 0.3) is 0 Å². The molecular weight excluding hydrogens is 490 g/mol. The van der Waals surface area contributed by atoms with Gasteiger partial charge >= 0.3 is 0 Å². The SMILES string of the molecule is C=CC(=O)N1CCN(c2ccc3ncnc(Nc4ccc(Cc5ccn6ncnc6c5)c(C)c4)c3n2)C(C)C1. The van der Waals surface area contributed by atoms with Crippen molar-refractivity contribution >= 4 is 39.9 Å². The largest absolute Gasteiger partial charge is 0.350 e. The van der Waals surface area contributed by atoms with Crippen LogP contribution in [0.3, 0.4) is 0 Å². The van der Waals surface area contributed by atoms with Crippen LogP contribution in [0.4, 0.5) is 17.3 Å². The maximum absolute atomic E-state index is 12.1. The van der Waals surface area contributed by atoms with E-state index in [0.717, 1.165) is 29.1 Å². The van der Waals surface area contributed by atoms with Gasteiger partial charge in [-0.3, -0.25) is 4.79 Å². The lowest BCUT2D eigenvalue weighted by Crippen LogP contribution is -2.53. The highest BCUT2D eigenvalue weighted by Gasteiger charge is 2.27. The minimum atomic E-state index is -0.0365. The van der Waals surface area contributed by atoms with Gasteiger partial charge in [-0.15, -0.1) is 0 Å². The summed E-state index contributed by atoms with van der Waals surface area (Å²) in [7, 11) is 0. The lowest BCUT2D eigenvalue weighted by Gasteiger charge is -2.40. The Balaban J connectivity index is 1.22. The quantitative estimate of drug-likeness (QED) is 0.337.